The highest BCUT2D eigenvalue weighted by Crippen LogP contribution is 2.29. The Morgan fingerprint density at radius 2 is 1.62 bits per heavy atom. The molecule has 0 aliphatic heterocycles. The summed E-state index contributed by atoms with van der Waals surface area (Å²) in [6.45, 7) is 6.45. The summed E-state index contributed by atoms with van der Waals surface area (Å²) in [5.41, 5.74) is -1.20. The van der Waals surface area contributed by atoms with Gasteiger partial charge in [-0.3, -0.25) is 4.79 Å². The molecule has 0 radical (unpaired) electrons. The average molecular weight is 298 g/mol. The summed E-state index contributed by atoms with van der Waals surface area (Å²) in [5, 5.41) is 18.7. The van der Waals surface area contributed by atoms with Crippen molar-refractivity contribution in [1.29, 1.82) is 0 Å². The molecule has 0 aromatic rings. The number of Topliss-reactive ketones (excluding diaryl/α,β-unsaturated/α-hetero) is 1. The van der Waals surface area contributed by atoms with E-state index in [0.29, 0.717) is 5.57 Å². The second kappa shape index (κ2) is 6.67. The number of hydrogen-bond acceptors (Lipinski definition) is 3. The molecule has 2 N–H and O–H groups in total. The van der Waals surface area contributed by atoms with E-state index < -0.39 is 17.5 Å². The van der Waals surface area contributed by atoms with Crippen LogP contribution in [0.15, 0.2) is 23.8 Å². The maximum Gasteiger partial charge on any atom is 0.370 e. The number of likely N-dealkylation sites (N-methyl/N-ethyl adjacent to an activating group) is 1. The van der Waals surface area contributed by atoms with E-state index in [4.69, 9.17) is 5.11 Å². The van der Waals surface area contributed by atoms with Crippen LogP contribution in [0.2, 0.25) is 0 Å². The molecule has 6 heteroatoms. The minimum atomic E-state index is -1.49. The summed E-state index contributed by atoms with van der Waals surface area (Å²) in [6.07, 6.45) is 1.23. The van der Waals surface area contributed by atoms with Gasteiger partial charge in [0, 0.05) is 18.4 Å². The molecule has 0 saturated carbocycles. The Balaban J connectivity index is 5.81. The molecule has 1 unspecified atom stereocenters. The van der Waals surface area contributed by atoms with Gasteiger partial charge in [0.05, 0.1) is 21.1 Å². The summed E-state index contributed by atoms with van der Waals surface area (Å²) >= 11 is 0. The Labute approximate surface area is 125 Å². The smallest absolute Gasteiger partial charge is 0.370 e. The molecule has 1 atom stereocenters. The van der Waals surface area contributed by atoms with E-state index in [1.54, 1.807) is 28.1 Å². The van der Waals surface area contributed by atoms with E-state index in [2.05, 4.69) is 6.58 Å². The molecule has 0 heterocycles. The van der Waals surface area contributed by atoms with Gasteiger partial charge in [0.25, 0.3) is 0 Å². The summed E-state index contributed by atoms with van der Waals surface area (Å²) in [6, 6.07) is 0. The summed E-state index contributed by atoms with van der Waals surface area (Å²) in [7, 11) is 4.97. The first-order chi connectivity index (χ1) is 9.35. The minimum absolute atomic E-state index is 0.000548. The Hall–Kier alpha value is -1.95. The lowest BCUT2D eigenvalue weighted by Crippen LogP contribution is -2.61. The van der Waals surface area contributed by atoms with Crippen molar-refractivity contribution in [3.8, 4) is 0 Å². The van der Waals surface area contributed by atoms with E-state index in [0.717, 1.165) is 0 Å². The highest BCUT2D eigenvalue weighted by Gasteiger charge is 2.49. The topological polar surface area (TPSA) is 91.7 Å². The van der Waals surface area contributed by atoms with Crippen LogP contribution in [0.1, 0.15) is 26.7 Å². The normalized spacial score (nSPS) is 15.2. The van der Waals surface area contributed by atoms with E-state index in [1.807, 2.05) is 0 Å². The van der Waals surface area contributed by atoms with Crippen molar-refractivity contribution in [3.63, 3.8) is 0 Å². The van der Waals surface area contributed by atoms with Crippen molar-refractivity contribution in [2.45, 2.75) is 32.2 Å². The molecular weight excluding hydrogens is 274 g/mol. The van der Waals surface area contributed by atoms with Gasteiger partial charge in [-0.15, -0.1) is 0 Å². The van der Waals surface area contributed by atoms with Gasteiger partial charge in [-0.25, -0.2) is 9.59 Å². The minimum Gasteiger partial charge on any atom is -0.478 e. The SMILES string of the molecule is C=C(C)C(=O)CCC(C=C(C)C(=O)O)(C(=O)O)[N+](C)(C)C. The molecule has 21 heavy (non-hydrogen) atoms. The summed E-state index contributed by atoms with van der Waals surface area (Å²) in [5.74, 6) is -2.57. The monoisotopic (exact) mass is 298 g/mol. The van der Waals surface area contributed by atoms with Gasteiger partial charge in [0.15, 0.2) is 5.78 Å². The Kier molecular flexibility index (Phi) is 6.05. The van der Waals surface area contributed by atoms with Gasteiger partial charge in [-0.1, -0.05) is 6.58 Å². The van der Waals surface area contributed by atoms with E-state index in [1.165, 1.54) is 13.0 Å². The fourth-order valence-electron chi connectivity index (χ4n) is 1.99. The maximum atomic E-state index is 11.8. The number of carbonyl (C=O) groups excluding carboxylic acids is 1. The number of carbonyl (C=O) groups is 3. The van der Waals surface area contributed by atoms with Gasteiger partial charge in [-0.05, 0) is 25.5 Å². The van der Waals surface area contributed by atoms with Crippen molar-refractivity contribution in [2.24, 2.45) is 0 Å². The molecule has 0 aliphatic rings. The number of rotatable bonds is 8. The molecule has 6 nitrogen and oxygen atoms in total. The second-order valence-electron chi connectivity index (χ2n) is 6.08. The Morgan fingerprint density at radius 3 is 1.90 bits per heavy atom. The van der Waals surface area contributed by atoms with Gasteiger partial charge in [0.2, 0.25) is 5.54 Å². The van der Waals surface area contributed by atoms with Crippen LogP contribution in [-0.2, 0) is 14.4 Å². The van der Waals surface area contributed by atoms with Crippen LogP contribution in [-0.4, -0.2) is 59.1 Å². The zero-order chi connectivity index (χ0) is 17.0. The number of hydrogen-bond donors (Lipinski definition) is 2. The zero-order valence-electron chi connectivity index (χ0n) is 13.3. The van der Waals surface area contributed by atoms with Gasteiger partial charge < -0.3 is 14.7 Å². The van der Waals surface area contributed by atoms with Crippen molar-refractivity contribution in [1.82, 2.24) is 0 Å². The van der Waals surface area contributed by atoms with Crippen molar-refractivity contribution in [2.75, 3.05) is 21.1 Å². The first-order valence-electron chi connectivity index (χ1n) is 6.51. The molecule has 0 amide bonds. The standard InChI is InChI=1S/C15H23NO5/c1-10(2)12(17)7-8-15(14(20)21,16(4,5)6)9-11(3)13(18)19/h9H,1,7-8H2,2-6H3,(H-,18,19,20,21)/p+1. The molecule has 0 saturated heterocycles. The van der Waals surface area contributed by atoms with Crippen molar-refractivity contribution >= 4 is 17.7 Å². The van der Waals surface area contributed by atoms with Crippen LogP contribution in [0.25, 0.3) is 0 Å². The number of quaternary nitrogens is 1. The third kappa shape index (κ3) is 4.53. The summed E-state index contributed by atoms with van der Waals surface area (Å²) < 4.78 is -0.0313. The van der Waals surface area contributed by atoms with Crippen LogP contribution < -0.4 is 0 Å². The number of carboxylic acids is 2. The molecule has 0 fully saturated rings. The quantitative estimate of drug-likeness (QED) is 0.523. The largest absolute Gasteiger partial charge is 0.478 e. The molecular formula is C15H24NO5+. The number of carboxylic acid groups (broad SMARTS) is 2. The van der Waals surface area contributed by atoms with Crippen LogP contribution in [0.3, 0.4) is 0 Å². The first-order valence-corrected chi connectivity index (χ1v) is 6.51. The number of ketones is 1. The highest BCUT2D eigenvalue weighted by atomic mass is 16.4. The molecule has 0 aliphatic carbocycles. The van der Waals surface area contributed by atoms with Crippen LogP contribution >= 0.6 is 0 Å². The van der Waals surface area contributed by atoms with Crippen LogP contribution in [0, 0.1) is 0 Å². The molecule has 0 aromatic carbocycles. The lowest BCUT2D eigenvalue weighted by atomic mass is 9.86. The third-order valence-corrected chi connectivity index (χ3v) is 3.57. The van der Waals surface area contributed by atoms with Crippen molar-refractivity contribution in [3.05, 3.63) is 23.8 Å². The van der Waals surface area contributed by atoms with Crippen LogP contribution in [0.4, 0.5) is 0 Å². The maximum absolute atomic E-state index is 11.8. The lowest BCUT2D eigenvalue weighted by molar-refractivity contribution is -0.906. The lowest BCUT2D eigenvalue weighted by Gasteiger charge is -2.41. The predicted octanol–water partition coefficient (Wildman–Crippen LogP) is 1.47. The van der Waals surface area contributed by atoms with Gasteiger partial charge >= 0.3 is 11.9 Å². The first kappa shape index (κ1) is 19.1. The number of aliphatic carboxylic acids is 2. The number of allylic oxidation sites excluding steroid dienone is 1. The third-order valence-electron chi connectivity index (χ3n) is 3.57. The fourth-order valence-corrected chi connectivity index (χ4v) is 1.99. The number of nitrogens with zero attached hydrogens (tertiary/aromatic N) is 1. The molecule has 0 spiro atoms. The Morgan fingerprint density at radius 1 is 1.14 bits per heavy atom. The van der Waals surface area contributed by atoms with Gasteiger partial charge in [0.1, 0.15) is 0 Å². The molecule has 0 aromatic heterocycles. The second-order valence-corrected chi connectivity index (χ2v) is 6.08. The molecule has 0 rings (SSSR count). The predicted molar refractivity (Wildman–Crippen MR) is 78.8 cm³/mol. The summed E-state index contributed by atoms with van der Waals surface area (Å²) in [4.78, 5) is 34.6. The van der Waals surface area contributed by atoms with E-state index in [-0.39, 0.29) is 28.7 Å². The Bertz CT molecular complexity index is 499. The highest BCUT2D eigenvalue weighted by molar-refractivity contribution is 5.95. The molecule has 0 bridgehead atoms. The van der Waals surface area contributed by atoms with E-state index in [9.17, 15) is 19.5 Å². The molecule has 118 valence electrons. The average Bonchev–Trinajstić information content (AvgIpc) is 2.31. The van der Waals surface area contributed by atoms with Crippen molar-refractivity contribution < 1.29 is 29.1 Å². The zero-order valence-corrected chi connectivity index (χ0v) is 13.3. The fraction of sp³-hybridized carbons (Fsp3) is 0.533. The van der Waals surface area contributed by atoms with Crippen LogP contribution in [0.5, 0.6) is 0 Å². The van der Waals surface area contributed by atoms with Gasteiger partial charge in [-0.2, -0.15) is 0 Å². The van der Waals surface area contributed by atoms with E-state index >= 15 is 0 Å².